The number of hydrogen-bond donors (Lipinski definition) is 0. The summed E-state index contributed by atoms with van der Waals surface area (Å²) >= 11 is 0. The van der Waals surface area contributed by atoms with Crippen molar-refractivity contribution in [1.29, 1.82) is 0 Å². The first-order chi connectivity index (χ1) is 14.8. The van der Waals surface area contributed by atoms with E-state index in [4.69, 9.17) is 4.52 Å². The Hall–Kier alpha value is -3.30. The molecule has 3 aromatic rings. The van der Waals surface area contributed by atoms with E-state index in [1.54, 1.807) is 23.1 Å². The van der Waals surface area contributed by atoms with Gasteiger partial charge in [0.2, 0.25) is 11.7 Å². The lowest BCUT2D eigenvalue weighted by atomic mass is 9.94. The average Bonchev–Trinajstić information content (AvgIpc) is 3.21. The van der Waals surface area contributed by atoms with Crippen LogP contribution in [0.3, 0.4) is 0 Å². The highest BCUT2D eigenvalue weighted by molar-refractivity contribution is 5.94. The van der Waals surface area contributed by atoms with Gasteiger partial charge in [0, 0.05) is 25.7 Å². The van der Waals surface area contributed by atoms with E-state index >= 15 is 0 Å². The standard InChI is InChI=1S/C21H18F4N4O2/c22-16-6-2-1-5-15(16)19-27-18(31-28-19)10-13-4-3-9-29(12-13)20(30)14-7-8-17(26-11-14)21(23,24)25/h1-2,5-8,11,13H,3-4,9-10,12H2/t13-/m1/s1. The van der Waals surface area contributed by atoms with Crippen LogP contribution in [0.4, 0.5) is 17.6 Å². The quantitative estimate of drug-likeness (QED) is 0.570. The number of benzene rings is 1. The number of amides is 1. The third-order valence-corrected chi connectivity index (χ3v) is 5.15. The van der Waals surface area contributed by atoms with Crippen molar-refractivity contribution in [2.75, 3.05) is 13.1 Å². The molecule has 1 aliphatic rings. The first-order valence-electron chi connectivity index (χ1n) is 9.71. The predicted octanol–water partition coefficient (Wildman–Crippen LogP) is 4.38. The molecule has 1 saturated heterocycles. The van der Waals surface area contributed by atoms with Gasteiger partial charge in [-0.05, 0) is 43.0 Å². The Labute approximate surface area is 174 Å². The summed E-state index contributed by atoms with van der Waals surface area (Å²) < 4.78 is 57.2. The minimum atomic E-state index is -4.55. The van der Waals surface area contributed by atoms with Crippen molar-refractivity contribution < 1.29 is 26.9 Å². The molecule has 3 heterocycles. The normalized spacial score (nSPS) is 17.0. The predicted molar refractivity (Wildman–Crippen MR) is 101 cm³/mol. The van der Waals surface area contributed by atoms with Crippen LogP contribution in [0.15, 0.2) is 47.1 Å². The number of rotatable bonds is 4. The Bertz CT molecular complexity index is 1070. The van der Waals surface area contributed by atoms with Crippen LogP contribution >= 0.6 is 0 Å². The second kappa shape index (κ2) is 8.44. The van der Waals surface area contributed by atoms with Gasteiger partial charge >= 0.3 is 6.18 Å². The Morgan fingerprint density at radius 1 is 1.19 bits per heavy atom. The Kier molecular flexibility index (Phi) is 5.71. The Morgan fingerprint density at radius 3 is 2.71 bits per heavy atom. The molecule has 1 aromatic carbocycles. The molecule has 31 heavy (non-hydrogen) atoms. The molecule has 0 spiro atoms. The molecule has 0 aliphatic carbocycles. The number of nitrogens with zero attached hydrogens (tertiary/aromatic N) is 4. The van der Waals surface area contributed by atoms with Crippen molar-refractivity contribution in [2.45, 2.75) is 25.4 Å². The van der Waals surface area contributed by atoms with Crippen molar-refractivity contribution in [3.05, 3.63) is 65.6 Å². The van der Waals surface area contributed by atoms with Crippen molar-refractivity contribution in [2.24, 2.45) is 5.92 Å². The molecular weight excluding hydrogens is 416 g/mol. The van der Waals surface area contributed by atoms with Gasteiger partial charge in [-0.25, -0.2) is 4.39 Å². The molecule has 4 rings (SSSR count). The summed E-state index contributed by atoms with van der Waals surface area (Å²) in [5.74, 6) is -0.284. The smallest absolute Gasteiger partial charge is 0.339 e. The lowest BCUT2D eigenvalue weighted by molar-refractivity contribution is -0.141. The highest BCUT2D eigenvalue weighted by atomic mass is 19.4. The first-order valence-corrected chi connectivity index (χ1v) is 9.71. The number of hydrogen-bond acceptors (Lipinski definition) is 5. The first kappa shape index (κ1) is 21.0. The van der Waals surface area contributed by atoms with Crippen molar-refractivity contribution in [3.63, 3.8) is 0 Å². The number of halogens is 4. The van der Waals surface area contributed by atoms with Crippen molar-refractivity contribution in [1.82, 2.24) is 20.0 Å². The van der Waals surface area contributed by atoms with Crippen LogP contribution in [0.1, 0.15) is 34.8 Å². The lowest BCUT2D eigenvalue weighted by Gasteiger charge is -2.32. The number of aromatic nitrogens is 3. The number of carbonyl (C=O) groups is 1. The molecule has 6 nitrogen and oxygen atoms in total. The number of carbonyl (C=O) groups excluding carboxylic acids is 1. The van der Waals surface area contributed by atoms with Crippen LogP contribution in [0.5, 0.6) is 0 Å². The molecule has 1 atom stereocenters. The Balaban J connectivity index is 1.41. The van der Waals surface area contributed by atoms with Crippen molar-refractivity contribution in [3.8, 4) is 11.4 Å². The van der Waals surface area contributed by atoms with Crippen LogP contribution < -0.4 is 0 Å². The molecule has 1 aliphatic heterocycles. The van der Waals surface area contributed by atoms with E-state index in [-0.39, 0.29) is 28.8 Å². The second-order valence-corrected chi connectivity index (χ2v) is 7.38. The summed E-state index contributed by atoms with van der Waals surface area (Å²) in [4.78, 5) is 21.9. The fraction of sp³-hybridized carbons (Fsp3) is 0.333. The maximum atomic E-state index is 13.9. The molecule has 0 bridgehead atoms. The van der Waals surface area contributed by atoms with E-state index in [2.05, 4.69) is 15.1 Å². The molecular formula is C21H18F4N4O2. The molecule has 10 heteroatoms. The SMILES string of the molecule is O=C(c1ccc(C(F)(F)F)nc1)N1CCC[C@H](Cc2nc(-c3ccccc3F)no2)C1. The van der Waals surface area contributed by atoms with E-state index in [1.807, 2.05) is 0 Å². The average molecular weight is 434 g/mol. The van der Waals surface area contributed by atoms with Crippen LogP contribution in [0.25, 0.3) is 11.4 Å². The number of alkyl halides is 3. The van der Waals surface area contributed by atoms with Crippen LogP contribution in [-0.2, 0) is 12.6 Å². The van der Waals surface area contributed by atoms with E-state index < -0.39 is 17.7 Å². The van der Waals surface area contributed by atoms with E-state index in [1.165, 1.54) is 6.07 Å². The zero-order valence-corrected chi connectivity index (χ0v) is 16.3. The molecule has 0 unspecified atom stereocenters. The van der Waals surface area contributed by atoms with E-state index in [0.717, 1.165) is 31.2 Å². The minimum Gasteiger partial charge on any atom is -0.339 e. The lowest BCUT2D eigenvalue weighted by Crippen LogP contribution is -2.40. The van der Waals surface area contributed by atoms with Gasteiger partial charge in [-0.15, -0.1) is 0 Å². The van der Waals surface area contributed by atoms with Gasteiger partial charge < -0.3 is 9.42 Å². The largest absolute Gasteiger partial charge is 0.433 e. The van der Waals surface area contributed by atoms with E-state index in [0.29, 0.717) is 25.4 Å². The number of likely N-dealkylation sites (tertiary alicyclic amines) is 1. The van der Waals surface area contributed by atoms with E-state index in [9.17, 15) is 22.4 Å². The van der Waals surface area contributed by atoms with Gasteiger partial charge in [0.1, 0.15) is 11.5 Å². The highest BCUT2D eigenvalue weighted by Gasteiger charge is 2.33. The molecule has 1 amide bonds. The highest BCUT2D eigenvalue weighted by Crippen LogP contribution is 2.28. The second-order valence-electron chi connectivity index (χ2n) is 7.38. The maximum absolute atomic E-state index is 13.9. The number of piperidine rings is 1. The van der Waals surface area contributed by atoms with Gasteiger partial charge in [0.15, 0.2) is 0 Å². The van der Waals surface area contributed by atoms with Crippen molar-refractivity contribution >= 4 is 5.91 Å². The third-order valence-electron chi connectivity index (χ3n) is 5.15. The Morgan fingerprint density at radius 2 is 2.00 bits per heavy atom. The fourth-order valence-electron chi connectivity index (χ4n) is 3.62. The summed E-state index contributed by atoms with van der Waals surface area (Å²) in [5, 5.41) is 3.84. The molecule has 0 saturated carbocycles. The summed E-state index contributed by atoms with van der Waals surface area (Å²) in [6.45, 7) is 0.901. The zero-order chi connectivity index (χ0) is 22.0. The molecule has 1 fully saturated rings. The maximum Gasteiger partial charge on any atom is 0.433 e. The molecule has 162 valence electrons. The summed E-state index contributed by atoms with van der Waals surface area (Å²) in [7, 11) is 0. The summed E-state index contributed by atoms with van der Waals surface area (Å²) in [5.41, 5.74) is -0.691. The van der Waals surface area contributed by atoms with Crippen LogP contribution in [0, 0.1) is 11.7 Å². The van der Waals surface area contributed by atoms with Gasteiger partial charge in [-0.3, -0.25) is 9.78 Å². The topological polar surface area (TPSA) is 72.1 Å². The molecule has 0 radical (unpaired) electrons. The van der Waals surface area contributed by atoms with Gasteiger partial charge in [-0.1, -0.05) is 17.3 Å². The van der Waals surface area contributed by atoms with Gasteiger partial charge in [-0.2, -0.15) is 18.2 Å². The monoisotopic (exact) mass is 434 g/mol. The van der Waals surface area contributed by atoms with Gasteiger partial charge in [0.05, 0.1) is 11.1 Å². The summed E-state index contributed by atoms with van der Waals surface area (Å²) in [6.07, 6.45) is -1.63. The number of pyridine rings is 1. The van der Waals surface area contributed by atoms with Crippen LogP contribution in [0.2, 0.25) is 0 Å². The zero-order valence-electron chi connectivity index (χ0n) is 16.3. The third kappa shape index (κ3) is 4.73. The van der Waals surface area contributed by atoms with Crippen LogP contribution in [-0.4, -0.2) is 39.0 Å². The molecule has 2 aromatic heterocycles. The van der Waals surface area contributed by atoms with Gasteiger partial charge in [0.25, 0.3) is 5.91 Å². The minimum absolute atomic E-state index is 0.0361. The fourth-order valence-corrected chi connectivity index (χ4v) is 3.62. The summed E-state index contributed by atoms with van der Waals surface area (Å²) in [6, 6.07) is 8.06. The molecule has 0 N–H and O–H groups in total.